The lowest BCUT2D eigenvalue weighted by atomic mass is 10.2. The lowest BCUT2D eigenvalue weighted by molar-refractivity contribution is -0.137. The van der Waals surface area contributed by atoms with Crippen molar-refractivity contribution in [2.24, 2.45) is 0 Å². The van der Waals surface area contributed by atoms with Crippen LogP contribution in [0.1, 0.15) is 24.0 Å². The number of hydrogen-bond acceptors (Lipinski definition) is 2. The van der Waals surface area contributed by atoms with Crippen molar-refractivity contribution in [1.82, 2.24) is 9.88 Å². The first-order valence-corrected chi connectivity index (χ1v) is 8.46. The maximum absolute atomic E-state index is 12.7. The van der Waals surface area contributed by atoms with Crippen molar-refractivity contribution in [3.8, 4) is 0 Å². The van der Waals surface area contributed by atoms with Gasteiger partial charge in [0.2, 0.25) is 0 Å². The van der Waals surface area contributed by atoms with Crippen molar-refractivity contribution in [1.29, 1.82) is 0 Å². The van der Waals surface area contributed by atoms with Crippen molar-refractivity contribution in [3.05, 3.63) is 58.9 Å². The first-order chi connectivity index (χ1) is 11.8. The van der Waals surface area contributed by atoms with E-state index in [-0.39, 0.29) is 5.02 Å². The quantitative estimate of drug-likeness (QED) is 0.740. The van der Waals surface area contributed by atoms with Crippen molar-refractivity contribution in [2.45, 2.75) is 31.6 Å². The molecule has 25 heavy (non-hydrogen) atoms. The molecule has 2 aromatic rings. The smallest absolute Gasteiger partial charge is 0.342 e. The van der Waals surface area contributed by atoms with Gasteiger partial charge in [-0.05, 0) is 61.0 Å². The lowest BCUT2D eigenvalue weighted by Gasteiger charge is -2.26. The Morgan fingerprint density at radius 3 is 2.48 bits per heavy atom. The molecule has 0 atom stereocenters. The number of pyridine rings is 1. The predicted molar refractivity (Wildman–Crippen MR) is 95.5 cm³/mol. The molecule has 1 saturated carbocycles. The molecule has 8 heteroatoms. The molecular formula is C17H15ClF3N3S. The van der Waals surface area contributed by atoms with Gasteiger partial charge in [0.05, 0.1) is 16.3 Å². The van der Waals surface area contributed by atoms with Crippen LogP contribution in [-0.2, 0) is 12.7 Å². The summed E-state index contributed by atoms with van der Waals surface area (Å²) in [5.74, 6) is 0. The Bertz CT molecular complexity index is 763. The number of anilines is 1. The third-order valence-corrected chi connectivity index (χ3v) is 4.54. The Morgan fingerprint density at radius 2 is 1.92 bits per heavy atom. The number of aromatic nitrogens is 1. The van der Waals surface area contributed by atoms with Crippen molar-refractivity contribution in [3.63, 3.8) is 0 Å². The minimum atomic E-state index is -4.43. The van der Waals surface area contributed by atoms with E-state index in [1.54, 1.807) is 12.4 Å². The van der Waals surface area contributed by atoms with Gasteiger partial charge < -0.3 is 10.2 Å². The molecule has 0 bridgehead atoms. The molecule has 3 nitrogen and oxygen atoms in total. The van der Waals surface area contributed by atoms with Gasteiger partial charge in [-0.3, -0.25) is 4.98 Å². The third kappa shape index (κ3) is 4.61. The van der Waals surface area contributed by atoms with Gasteiger partial charge in [-0.25, -0.2) is 0 Å². The number of hydrogen-bond donors (Lipinski definition) is 1. The largest absolute Gasteiger partial charge is 0.416 e. The molecule has 1 aliphatic carbocycles. The standard InChI is InChI=1S/C17H15ClF3N3S/c18-14-9-12(17(19,20)21)1-4-15(14)23-16(25)24(13-2-3-13)10-11-5-7-22-8-6-11/h1,4-9,13H,2-3,10H2,(H,23,25). The molecule has 1 aromatic carbocycles. The second-order valence-electron chi connectivity index (χ2n) is 5.84. The third-order valence-electron chi connectivity index (χ3n) is 3.89. The molecule has 132 valence electrons. The first kappa shape index (κ1) is 17.9. The van der Waals surface area contributed by atoms with Gasteiger partial charge in [-0.1, -0.05) is 11.6 Å². The number of nitrogens with one attached hydrogen (secondary N) is 1. The van der Waals surface area contributed by atoms with E-state index < -0.39 is 11.7 Å². The topological polar surface area (TPSA) is 28.2 Å². The zero-order chi connectivity index (χ0) is 18.0. The highest BCUT2D eigenvalue weighted by Crippen LogP contribution is 2.34. The Labute approximate surface area is 153 Å². The van der Waals surface area contributed by atoms with Crippen LogP contribution in [0.15, 0.2) is 42.7 Å². The van der Waals surface area contributed by atoms with Crippen LogP contribution in [0.3, 0.4) is 0 Å². The van der Waals surface area contributed by atoms with E-state index in [9.17, 15) is 13.2 Å². The molecule has 1 heterocycles. The molecule has 0 aliphatic heterocycles. The molecule has 1 fully saturated rings. The maximum Gasteiger partial charge on any atom is 0.416 e. The van der Waals surface area contributed by atoms with E-state index in [0.717, 1.165) is 30.5 Å². The highest BCUT2D eigenvalue weighted by molar-refractivity contribution is 7.80. The Morgan fingerprint density at radius 1 is 1.24 bits per heavy atom. The molecule has 1 N–H and O–H groups in total. The summed E-state index contributed by atoms with van der Waals surface area (Å²) in [5, 5.41) is 3.40. The number of halogens is 4. The summed E-state index contributed by atoms with van der Waals surface area (Å²) in [4.78, 5) is 6.02. The van der Waals surface area contributed by atoms with E-state index in [1.165, 1.54) is 6.07 Å². The zero-order valence-corrected chi connectivity index (χ0v) is 14.6. The van der Waals surface area contributed by atoms with Crippen molar-refractivity contribution < 1.29 is 13.2 Å². The van der Waals surface area contributed by atoms with Gasteiger partial charge in [0, 0.05) is 25.0 Å². The van der Waals surface area contributed by atoms with Crippen LogP contribution < -0.4 is 5.32 Å². The molecule has 1 aliphatic rings. The summed E-state index contributed by atoms with van der Waals surface area (Å²) >= 11 is 11.4. The van der Waals surface area contributed by atoms with Crippen LogP contribution in [0.25, 0.3) is 0 Å². The molecule has 0 saturated heterocycles. The fraction of sp³-hybridized carbons (Fsp3) is 0.294. The number of benzene rings is 1. The Hall–Kier alpha value is -1.86. The maximum atomic E-state index is 12.7. The Kier molecular flexibility index (Phi) is 5.15. The monoisotopic (exact) mass is 385 g/mol. The van der Waals surface area contributed by atoms with Crippen LogP contribution in [0.2, 0.25) is 5.02 Å². The zero-order valence-electron chi connectivity index (χ0n) is 13.1. The van der Waals surface area contributed by atoms with E-state index >= 15 is 0 Å². The van der Waals surface area contributed by atoms with Crippen molar-refractivity contribution in [2.75, 3.05) is 5.32 Å². The van der Waals surface area contributed by atoms with E-state index in [2.05, 4.69) is 10.3 Å². The number of rotatable bonds is 4. The second-order valence-corrected chi connectivity index (χ2v) is 6.63. The van der Waals surface area contributed by atoms with Gasteiger partial charge in [0.15, 0.2) is 5.11 Å². The van der Waals surface area contributed by atoms with Gasteiger partial charge in [-0.15, -0.1) is 0 Å². The minimum absolute atomic E-state index is 0.0168. The van der Waals surface area contributed by atoms with Gasteiger partial charge in [0.25, 0.3) is 0 Å². The van der Waals surface area contributed by atoms with Crippen LogP contribution in [0, 0.1) is 0 Å². The minimum Gasteiger partial charge on any atom is -0.342 e. The molecule has 3 rings (SSSR count). The average Bonchev–Trinajstić information content (AvgIpc) is 3.39. The lowest BCUT2D eigenvalue weighted by Crippen LogP contribution is -2.36. The Balaban J connectivity index is 1.73. The van der Waals surface area contributed by atoms with Crippen LogP contribution in [0.4, 0.5) is 18.9 Å². The molecule has 1 aromatic heterocycles. The summed E-state index contributed by atoms with van der Waals surface area (Å²) < 4.78 is 38.2. The number of nitrogens with zero attached hydrogens (tertiary/aromatic N) is 2. The summed E-state index contributed by atoms with van der Waals surface area (Å²) in [6.07, 6.45) is 1.07. The normalized spacial score (nSPS) is 14.2. The van der Waals surface area contributed by atoms with Crippen LogP contribution >= 0.6 is 23.8 Å². The number of alkyl halides is 3. The summed E-state index contributed by atoms with van der Waals surface area (Å²) in [5.41, 5.74) is 0.634. The van der Waals surface area contributed by atoms with E-state index in [4.69, 9.17) is 23.8 Å². The number of thiocarbonyl (C=S) groups is 1. The average molecular weight is 386 g/mol. The van der Waals surface area contributed by atoms with Crippen LogP contribution in [0.5, 0.6) is 0 Å². The fourth-order valence-electron chi connectivity index (χ4n) is 2.42. The molecule has 0 radical (unpaired) electrons. The summed E-state index contributed by atoms with van der Waals surface area (Å²) in [7, 11) is 0. The van der Waals surface area contributed by atoms with Gasteiger partial charge in [-0.2, -0.15) is 13.2 Å². The highest BCUT2D eigenvalue weighted by atomic mass is 35.5. The van der Waals surface area contributed by atoms with E-state index in [0.29, 0.717) is 23.4 Å². The SMILES string of the molecule is FC(F)(F)c1ccc(NC(=S)N(Cc2ccncc2)C2CC2)c(Cl)c1. The van der Waals surface area contributed by atoms with E-state index in [1.807, 2.05) is 17.0 Å². The first-order valence-electron chi connectivity index (χ1n) is 7.68. The van der Waals surface area contributed by atoms with Gasteiger partial charge in [0.1, 0.15) is 0 Å². The van der Waals surface area contributed by atoms with Gasteiger partial charge >= 0.3 is 6.18 Å². The predicted octanol–water partition coefficient (Wildman–Crippen LogP) is 5.12. The molecule has 0 unspecified atom stereocenters. The van der Waals surface area contributed by atoms with Crippen molar-refractivity contribution >= 4 is 34.6 Å². The molecule has 0 amide bonds. The fourth-order valence-corrected chi connectivity index (χ4v) is 2.97. The van der Waals surface area contributed by atoms with Crippen LogP contribution in [-0.4, -0.2) is 21.0 Å². The summed E-state index contributed by atoms with van der Waals surface area (Å²) in [6.45, 7) is 0.608. The molecular weight excluding hydrogens is 371 g/mol. The summed E-state index contributed by atoms with van der Waals surface area (Å²) in [6, 6.07) is 7.33. The highest BCUT2D eigenvalue weighted by Gasteiger charge is 2.32. The molecule has 0 spiro atoms. The second kappa shape index (κ2) is 7.17.